The van der Waals surface area contributed by atoms with Gasteiger partial charge in [0.15, 0.2) is 0 Å². The fourth-order valence-electron chi connectivity index (χ4n) is 3.05. The number of hydrogen-bond acceptors (Lipinski definition) is 6. The van der Waals surface area contributed by atoms with E-state index < -0.39 is 0 Å². The van der Waals surface area contributed by atoms with Gasteiger partial charge in [0.25, 0.3) is 5.91 Å². The lowest BCUT2D eigenvalue weighted by atomic mass is 10.2. The minimum atomic E-state index is -0.0667. The first-order chi connectivity index (χ1) is 13.1. The SMILES string of the molecule is COc1cc(Nc2nccc(C(=O)N3CCCCCC3)n2)c(OC)cc1Cl. The van der Waals surface area contributed by atoms with Crippen molar-refractivity contribution in [3.63, 3.8) is 0 Å². The number of carbonyl (C=O) groups is 1. The van der Waals surface area contributed by atoms with Gasteiger partial charge in [-0.05, 0) is 18.9 Å². The normalized spacial score (nSPS) is 14.4. The molecule has 0 aliphatic carbocycles. The van der Waals surface area contributed by atoms with E-state index in [-0.39, 0.29) is 5.91 Å². The van der Waals surface area contributed by atoms with E-state index in [0.29, 0.717) is 33.9 Å². The Morgan fingerprint density at radius 3 is 2.48 bits per heavy atom. The predicted octanol–water partition coefficient (Wildman–Crippen LogP) is 3.91. The van der Waals surface area contributed by atoms with Crippen LogP contribution in [0.3, 0.4) is 0 Å². The number of aromatic nitrogens is 2. The number of amides is 1. The molecule has 0 unspecified atom stereocenters. The maximum Gasteiger partial charge on any atom is 0.272 e. The second-order valence-electron chi connectivity index (χ2n) is 6.28. The van der Waals surface area contributed by atoms with Crippen LogP contribution in [0, 0.1) is 0 Å². The lowest BCUT2D eigenvalue weighted by Crippen LogP contribution is -2.32. The van der Waals surface area contributed by atoms with Crippen molar-refractivity contribution in [1.29, 1.82) is 0 Å². The maximum absolute atomic E-state index is 12.8. The van der Waals surface area contributed by atoms with E-state index in [9.17, 15) is 4.79 Å². The number of ether oxygens (including phenoxy) is 2. The zero-order valence-electron chi connectivity index (χ0n) is 15.5. The molecule has 27 heavy (non-hydrogen) atoms. The summed E-state index contributed by atoms with van der Waals surface area (Å²) in [6, 6.07) is 4.99. The van der Waals surface area contributed by atoms with Crippen LogP contribution >= 0.6 is 11.6 Å². The molecule has 2 aromatic rings. The van der Waals surface area contributed by atoms with Gasteiger partial charge in [0.1, 0.15) is 17.2 Å². The van der Waals surface area contributed by atoms with Crippen LogP contribution < -0.4 is 14.8 Å². The highest BCUT2D eigenvalue weighted by molar-refractivity contribution is 6.32. The van der Waals surface area contributed by atoms with Crippen molar-refractivity contribution in [2.45, 2.75) is 25.7 Å². The molecule has 7 nitrogen and oxygen atoms in total. The van der Waals surface area contributed by atoms with Gasteiger partial charge in [-0.25, -0.2) is 9.97 Å². The number of benzene rings is 1. The Morgan fingerprint density at radius 2 is 1.81 bits per heavy atom. The van der Waals surface area contributed by atoms with E-state index in [4.69, 9.17) is 21.1 Å². The van der Waals surface area contributed by atoms with Crippen LogP contribution in [-0.2, 0) is 0 Å². The second-order valence-corrected chi connectivity index (χ2v) is 6.69. The van der Waals surface area contributed by atoms with Gasteiger partial charge in [0.05, 0.1) is 24.9 Å². The van der Waals surface area contributed by atoms with Gasteiger partial charge in [-0.15, -0.1) is 0 Å². The Hall–Kier alpha value is -2.54. The van der Waals surface area contributed by atoms with Gasteiger partial charge >= 0.3 is 0 Å². The Kier molecular flexibility index (Phi) is 6.34. The minimum absolute atomic E-state index is 0.0667. The molecular formula is C19H23ClN4O3. The Bertz CT molecular complexity index is 808. The molecule has 1 saturated heterocycles. The zero-order chi connectivity index (χ0) is 19.2. The number of nitrogens with zero attached hydrogens (tertiary/aromatic N) is 3. The summed E-state index contributed by atoms with van der Waals surface area (Å²) in [4.78, 5) is 23.2. The monoisotopic (exact) mass is 390 g/mol. The van der Waals surface area contributed by atoms with Gasteiger partial charge in [-0.1, -0.05) is 24.4 Å². The molecule has 0 bridgehead atoms. The molecule has 1 aromatic heterocycles. The molecule has 3 rings (SSSR count). The van der Waals surface area contributed by atoms with Gasteiger partial charge in [0.2, 0.25) is 5.95 Å². The molecule has 144 valence electrons. The van der Waals surface area contributed by atoms with Gasteiger partial charge in [-0.3, -0.25) is 4.79 Å². The quantitative estimate of drug-likeness (QED) is 0.834. The highest BCUT2D eigenvalue weighted by Gasteiger charge is 2.19. The smallest absolute Gasteiger partial charge is 0.272 e. The van der Waals surface area contributed by atoms with Crippen LogP contribution in [0.5, 0.6) is 11.5 Å². The van der Waals surface area contributed by atoms with Crippen molar-refractivity contribution in [2.24, 2.45) is 0 Å². The summed E-state index contributed by atoms with van der Waals surface area (Å²) in [7, 11) is 3.08. The van der Waals surface area contributed by atoms with Crippen molar-refractivity contribution < 1.29 is 14.3 Å². The van der Waals surface area contributed by atoms with Crippen molar-refractivity contribution in [3.8, 4) is 11.5 Å². The molecule has 0 radical (unpaired) electrons. The average Bonchev–Trinajstić information content (AvgIpc) is 2.98. The van der Waals surface area contributed by atoms with Crippen LogP contribution in [0.4, 0.5) is 11.6 Å². The first kappa shape index (κ1) is 19.2. The third-order valence-electron chi connectivity index (χ3n) is 4.49. The molecule has 1 amide bonds. The molecular weight excluding hydrogens is 368 g/mol. The van der Waals surface area contributed by atoms with Crippen LogP contribution in [0.25, 0.3) is 0 Å². The molecule has 1 aliphatic rings. The van der Waals surface area contributed by atoms with E-state index in [1.807, 2.05) is 4.90 Å². The molecule has 2 heterocycles. The van der Waals surface area contributed by atoms with E-state index in [0.717, 1.165) is 25.9 Å². The number of methoxy groups -OCH3 is 2. The van der Waals surface area contributed by atoms with Gasteiger partial charge < -0.3 is 19.7 Å². The largest absolute Gasteiger partial charge is 0.495 e. The standard InChI is InChI=1S/C19H23ClN4O3/c1-26-16-12-15(17(27-2)11-13(16)20)23-19-21-8-7-14(22-19)18(25)24-9-5-3-4-6-10-24/h7-8,11-12H,3-6,9-10H2,1-2H3,(H,21,22,23). The molecule has 0 atom stereocenters. The van der Waals surface area contributed by atoms with Crippen molar-refractivity contribution in [1.82, 2.24) is 14.9 Å². The van der Waals surface area contributed by atoms with Crippen LogP contribution in [0.2, 0.25) is 5.02 Å². The second kappa shape index (κ2) is 8.90. The van der Waals surface area contributed by atoms with Crippen LogP contribution in [-0.4, -0.2) is 48.1 Å². The predicted molar refractivity (Wildman–Crippen MR) is 104 cm³/mol. The van der Waals surface area contributed by atoms with E-state index in [1.165, 1.54) is 20.0 Å². The molecule has 8 heteroatoms. The first-order valence-electron chi connectivity index (χ1n) is 8.93. The fraction of sp³-hybridized carbons (Fsp3) is 0.421. The molecule has 0 spiro atoms. The molecule has 0 saturated carbocycles. The van der Waals surface area contributed by atoms with Crippen LogP contribution in [0.15, 0.2) is 24.4 Å². The maximum atomic E-state index is 12.8. The number of halogens is 1. The summed E-state index contributed by atoms with van der Waals surface area (Å²) in [5.74, 6) is 1.26. The number of nitrogens with one attached hydrogen (secondary N) is 1. The molecule has 1 N–H and O–H groups in total. The summed E-state index contributed by atoms with van der Waals surface area (Å²) in [5.41, 5.74) is 0.965. The number of carbonyl (C=O) groups excluding carboxylic acids is 1. The van der Waals surface area contributed by atoms with Gasteiger partial charge in [-0.2, -0.15) is 0 Å². The number of rotatable bonds is 5. The summed E-state index contributed by atoms with van der Waals surface area (Å²) >= 11 is 6.14. The summed E-state index contributed by atoms with van der Waals surface area (Å²) in [6.07, 6.45) is 5.96. The summed E-state index contributed by atoms with van der Waals surface area (Å²) in [6.45, 7) is 1.54. The van der Waals surface area contributed by atoms with Crippen LogP contribution in [0.1, 0.15) is 36.2 Å². The molecule has 1 fully saturated rings. The van der Waals surface area contributed by atoms with Crippen molar-refractivity contribution >= 4 is 29.1 Å². The summed E-state index contributed by atoms with van der Waals surface area (Å²) < 4.78 is 10.6. The number of hydrogen-bond donors (Lipinski definition) is 1. The highest BCUT2D eigenvalue weighted by Crippen LogP contribution is 2.36. The van der Waals surface area contributed by atoms with Gasteiger partial charge in [0, 0.05) is 31.4 Å². The number of likely N-dealkylation sites (tertiary alicyclic amines) is 1. The summed E-state index contributed by atoms with van der Waals surface area (Å²) in [5, 5.41) is 3.52. The first-order valence-corrected chi connectivity index (χ1v) is 9.31. The van der Waals surface area contributed by atoms with E-state index >= 15 is 0 Å². The van der Waals surface area contributed by atoms with E-state index in [1.54, 1.807) is 31.5 Å². The zero-order valence-corrected chi connectivity index (χ0v) is 16.3. The Morgan fingerprint density at radius 1 is 1.11 bits per heavy atom. The third kappa shape index (κ3) is 4.60. The Balaban J connectivity index is 1.83. The fourth-order valence-corrected chi connectivity index (χ4v) is 3.28. The Labute approximate surface area is 163 Å². The lowest BCUT2D eigenvalue weighted by molar-refractivity contribution is 0.0755. The topological polar surface area (TPSA) is 76.6 Å². The minimum Gasteiger partial charge on any atom is -0.495 e. The third-order valence-corrected chi connectivity index (χ3v) is 4.78. The van der Waals surface area contributed by atoms with Crippen molar-refractivity contribution in [2.75, 3.05) is 32.6 Å². The highest BCUT2D eigenvalue weighted by atomic mass is 35.5. The lowest BCUT2D eigenvalue weighted by Gasteiger charge is -2.20. The molecule has 1 aromatic carbocycles. The average molecular weight is 391 g/mol. The number of anilines is 2. The van der Waals surface area contributed by atoms with Crippen molar-refractivity contribution in [3.05, 3.63) is 35.1 Å². The molecule has 1 aliphatic heterocycles. The van der Waals surface area contributed by atoms with E-state index in [2.05, 4.69) is 15.3 Å².